The van der Waals surface area contributed by atoms with Crippen LogP contribution in [0, 0.1) is 6.92 Å². The number of nitrogens with one attached hydrogen (secondary N) is 2. The first-order valence-corrected chi connectivity index (χ1v) is 7.01. The molecule has 0 saturated heterocycles. The molecular weight excluding hydrogens is 238 g/mol. The van der Waals surface area contributed by atoms with Crippen LogP contribution < -0.4 is 10.6 Å². The van der Waals surface area contributed by atoms with Gasteiger partial charge in [0.2, 0.25) is 5.95 Å². The van der Waals surface area contributed by atoms with E-state index in [4.69, 9.17) is 0 Å². The molecule has 5 heteroatoms. The Morgan fingerprint density at radius 3 is 2.63 bits per heavy atom. The molecule has 0 radical (unpaired) electrons. The Morgan fingerprint density at radius 2 is 1.89 bits per heavy atom. The van der Waals surface area contributed by atoms with Gasteiger partial charge in [0, 0.05) is 18.3 Å². The summed E-state index contributed by atoms with van der Waals surface area (Å²) in [6, 6.07) is 5.25. The van der Waals surface area contributed by atoms with Crippen LogP contribution in [0.2, 0.25) is 0 Å². The van der Waals surface area contributed by atoms with Crippen molar-refractivity contribution < 1.29 is 0 Å². The SMILES string of the molecule is CNC1CCC(Nc2nc3ccc(C)cn3n2)CC1. The lowest BCUT2D eigenvalue weighted by Gasteiger charge is -2.28. The summed E-state index contributed by atoms with van der Waals surface area (Å²) in [5.74, 6) is 0.749. The molecule has 5 nitrogen and oxygen atoms in total. The zero-order valence-corrected chi connectivity index (χ0v) is 11.6. The summed E-state index contributed by atoms with van der Waals surface area (Å²) in [6.07, 6.45) is 6.81. The normalized spacial score (nSPS) is 23.7. The molecule has 0 spiro atoms. The Morgan fingerprint density at radius 1 is 1.16 bits per heavy atom. The Bertz CT molecular complexity index is 554. The third kappa shape index (κ3) is 2.71. The maximum atomic E-state index is 4.51. The van der Waals surface area contributed by atoms with E-state index < -0.39 is 0 Å². The first-order valence-electron chi connectivity index (χ1n) is 7.01. The molecule has 0 unspecified atom stereocenters. The van der Waals surface area contributed by atoms with Crippen molar-refractivity contribution in [1.82, 2.24) is 19.9 Å². The molecule has 2 heterocycles. The summed E-state index contributed by atoms with van der Waals surface area (Å²) in [7, 11) is 2.05. The van der Waals surface area contributed by atoms with E-state index in [0.717, 1.165) is 11.6 Å². The highest BCUT2D eigenvalue weighted by Gasteiger charge is 2.20. The molecule has 1 aliphatic rings. The van der Waals surface area contributed by atoms with Crippen molar-refractivity contribution in [2.75, 3.05) is 12.4 Å². The fourth-order valence-corrected chi connectivity index (χ4v) is 2.76. The average molecular weight is 259 g/mol. The lowest BCUT2D eigenvalue weighted by atomic mass is 9.91. The summed E-state index contributed by atoms with van der Waals surface area (Å²) >= 11 is 0. The van der Waals surface area contributed by atoms with Crippen molar-refractivity contribution in [2.45, 2.75) is 44.7 Å². The van der Waals surface area contributed by atoms with Crippen LogP contribution in [0.4, 0.5) is 5.95 Å². The molecule has 2 aromatic rings. The Labute approximate surface area is 113 Å². The zero-order chi connectivity index (χ0) is 13.2. The van der Waals surface area contributed by atoms with Crippen molar-refractivity contribution in [3.63, 3.8) is 0 Å². The second-order valence-corrected chi connectivity index (χ2v) is 5.43. The van der Waals surface area contributed by atoms with E-state index in [1.54, 1.807) is 0 Å². The fraction of sp³-hybridized carbons (Fsp3) is 0.571. The second kappa shape index (κ2) is 5.17. The molecule has 1 aliphatic carbocycles. The van der Waals surface area contributed by atoms with Gasteiger partial charge in [0.05, 0.1) is 0 Å². The molecule has 3 rings (SSSR count). The largest absolute Gasteiger partial charge is 0.350 e. The highest BCUT2D eigenvalue weighted by molar-refractivity contribution is 5.44. The van der Waals surface area contributed by atoms with Gasteiger partial charge in [-0.2, -0.15) is 4.98 Å². The average Bonchev–Trinajstić information content (AvgIpc) is 2.81. The number of aryl methyl sites for hydroxylation is 1. The van der Waals surface area contributed by atoms with Gasteiger partial charge in [0.1, 0.15) is 0 Å². The van der Waals surface area contributed by atoms with Crippen molar-refractivity contribution in [2.24, 2.45) is 0 Å². The van der Waals surface area contributed by atoms with Crippen LogP contribution in [0.25, 0.3) is 5.65 Å². The first-order chi connectivity index (χ1) is 9.24. The van der Waals surface area contributed by atoms with Crippen LogP contribution >= 0.6 is 0 Å². The predicted octanol–water partition coefficient (Wildman–Crippen LogP) is 1.98. The van der Waals surface area contributed by atoms with Crippen molar-refractivity contribution >= 4 is 11.6 Å². The fourth-order valence-electron chi connectivity index (χ4n) is 2.76. The van der Waals surface area contributed by atoms with Gasteiger partial charge in [-0.3, -0.25) is 0 Å². The molecule has 2 aromatic heterocycles. The third-order valence-corrected chi connectivity index (χ3v) is 3.95. The molecule has 0 amide bonds. The number of aromatic nitrogens is 3. The van der Waals surface area contributed by atoms with Crippen molar-refractivity contribution in [3.8, 4) is 0 Å². The van der Waals surface area contributed by atoms with E-state index >= 15 is 0 Å². The minimum Gasteiger partial charge on any atom is -0.350 e. The summed E-state index contributed by atoms with van der Waals surface area (Å²) in [5.41, 5.74) is 2.09. The maximum Gasteiger partial charge on any atom is 0.243 e. The van der Waals surface area contributed by atoms with Gasteiger partial charge in [-0.1, -0.05) is 6.07 Å². The van der Waals surface area contributed by atoms with E-state index in [9.17, 15) is 0 Å². The van der Waals surface area contributed by atoms with Gasteiger partial charge in [-0.15, -0.1) is 5.10 Å². The Kier molecular flexibility index (Phi) is 3.38. The van der Waals surface area contributed by atoms with Crippen molar-refractivity contribution in [1.29, 1.82) is 0 Å². The molecule has 0 aliphatic heterocycles. The number of anilines is 1. The minimum absolute atomic E-state index is 0.503. The quantitative estimate of drug-likeness (QED) is 0.885. The van der Waals surface area contributed by atoms with Crippen LogP contribution in [0.5, 0.6) is 0 Å². The highest BCUT2D eigenvalue weighted by Crippen LogP contribution is 2.21. The molecule has 1 fully saturated rings. The van der Waals surface area contributed by atoms with Gasteiger partial charge in [-0.25, -0.2) is 4.52 Å². The van der Waals surface area contributed by atoms with Crippen molar-refractivity contribution in [3.05, 3.63) is 23.9 Å². The Balaban J connectivity index is 1.68. The number of hydrogen-bond acceptors (Lipinski definition) is 4. The third-order valence-electron chi connectivity index (χ3n) is 3.95. The van der Waals surface area contributed by atoms with Gasteiger partial charge in [0.15, 0.2) is 5.65 Å². The lowest BCUT2D eigenvalue weighted by molar-refractivity contribution is 0.370. The first kappa shape index (κ1) is 12.4. The summed E-state index contributed by atoms with van der Waals surface area (Å²) in [4.78, 5) is 4.51. The smallest absolute Gasteiger partial charge is 0.243 e. The van der Waals surface area contributed by atoms with E-state index in [1.807, 2.05) is 23.8 Å². The van der Waals surface area contributed by atoms with Gasteiger partial charge < -0.3 is 10.6 Å². The molecule has 1 saturated carbocycles. The molecular formula is C14H21N5. The Hall–Kier alpha value is -1.62. The van der Waals surface area contributed by atoms with Gasteiger partial charge in [0.25, 0.3) is 0 Å². The van der Waals surface area contributed by atoms with E-state index in [0.29, 0.717) is 12.1 Å². The second-order valence-electron chi connectivity index (χ2n) is 5.43. The molecule has 0 atom stereocenters. The number of pyridine rings is 1. The summed E-state index contributed by atoms with van der Waals surface area (Å²) in [6.45, 7) is 2.06. The van der Waals surface area contributed by atoms with Crippen LogP contribution in [0.3, 0.4) is 0 Å². The van der Waals surface area contributed by atoms with Gasteiger partial charge in [-0.05, 0) is 51.3 Å². The standard InChI is InChI=1S/C14H21N5/c1-10-3-8-13-17-14(18-19(13)9-10)16-12-6-4-11(15-2)5-7-12/h3,8-9,11-12,15H,4-7H2,1-2H3,(H,16,18). The van der Waals surface area contributed by atoms with Crippen LogP contribution in [-0.4, -0.2) is 33.7 Å². The molecule has 0 aromatic carbocycles. The highest BCUT2D eigenvalue weighted by atomic mass is 15.3. The number of hydrogen-bond donors (Lipinski definition) is 2. The number of rotatable bonds is 3. The van der Waals surface area contributed by atoms with E-state index in [2.05, 4.69) is 33.7 Å². The van der Waals surface area contributed by atoms with Crippen LogP contribution in [0.15, 0.2) is 18.3 Å². The number of nitrogens with zero attached hydrogens (tertiary/aromatic N) is 3. The topological polar surface area (TPSA) is 54.2 Å². The van der Waals surface area contributed by atoms with Gasteiger partial charge >= 0.3 is 0 Å². The molecule has 2 N–H and O–H groups in total. The zero-order valence-electron chi connectivity index (χ0n) is 11.6. The van der Waals surface area contributed by atoms with E-state index in [-0.39, 0.29) is 0 Å². The molecule has 0 bridgehead atoms. The number of fused-ring (bicyclic) bond motifs is 1. The van der Waals surface area contributed by atoms with E-state index in [1.165, 1.54) is 31.2 Å². The summed E-state index contributed by atoms with van der Waals surface area (Å²) < 4.78 is 1.84. The minimum atomic E-state index is 0.503. The summed E-state index contributed by atoms with van der Waals surface area (Å²) in [5, 5.41) is 11.3. The molecule has 102 valence electrons. The maximum absolute atomic E-state index is 4.51. The molecule has 19 heavy (non-hydrogen) atoms. The lowest BCUT2D eigenvalue weighted by Crippen LogP contribution is -2.35. The predicted molar refractivity (Wildman–Crippen MR) is 76.5 cm³/mol. The van der Waals surface area contributed by atoms with Crippen LogP contribution in [-0.2, 0) is 0 Å². The monoisotopic (exact) mass is 259 g/mol. The van der Waals surface area contributed by atoms with Crippen LogP contribution in [0.1, 0.15) is 31.2 Å².